The van der Waals surface area contributed by atoms with Crippen molar-refractivity contribution in [2.45, 2.75) is 25.0 Å². The summed E-state index contributed by atoms with van der Waals surface area (Å²) >= 11 is 0. The highest BCUT2D eigenvalue weighted by Gasteiger charge is 2.21. The van der Waals surface area contributed by atoms with E-state index in [2.05, 4.69) is 10.3 Å². The average molecular weight is 228 g/mol. The molecule has 2 aromatic rings. The Morgan fingerprint density at radius 1 is 1.35 bits per heavy atom. The summed E-state index contributed by atoms with van der Waals surface area (Å²) < 4.78 is 0. The Morgan fingerprint density at radius 2 is 2.24 bits per heavy atom. The van der Waals surface area contributed by atoms with E-state index in [9.17, 15) is 5.11 Å². The van der Waals surface area contributed by atoms with E-state index < -0.39 is 6.10 Å². The first kappa shape index (κ1) is 10.7. The first-order valence-corrected chi connectivity index (χ1v) is 6.09. The molecule has 1 saturated carbocycles. The Morgan fingerprint density at radius 3 is 3.06 bits per heavy atom. The van der Waals surface area contributed by atoms with Crippen LogP contribution in [0.3, 0.4) is 0 Å². The zero-order valence-electron chi connectivity index (χ0n) is 9.63. The minimum Gasteiger partial charge on any atom is -0.387 e. The molecule has 1 heterocycles. The molecule has 1 aliphatic carbocycles. The molecule has 1 unspecified atom stereocenters. The Hall–Kier alpha value is -1.45. The molecule has 3 rings (SSSR count). The summed E-state index contributed by atoms with van der Waals surface area (Å²) in [5.74, 6) is 0. The zero-order valence-corrected chi connectivity index (χ0v) is 9.63. The van der Waals surface area contributed by atoms with E-state index in [4.69, 9.17) is 0 Å². The van der Waals surface area contributed by atoms with Gasteiger partial charge in [0.25, 0.3) is 0 Å². The number of rotatable bonds is 4. The van der Waals surface area contributed by atoms with E-state index in [1.54, 1.807) is 6.20 Å². The standard InChI is InChI=1S/C14H16N2O/c17-14(9-16-12-5-6-12)11-4-3-10-2-1-7-15-13(10)8-11/h1-4,7-8,12,14,16-17H,5-6,9H2. The SMILES string of the molecule is OC(CNC1CC1)c1ccc2cccnc2c1. The fourth-order valence-corrected chi connectivity index (χ4v) is 1.97. The highest BCUT2D eigenvalue weighted by atomic mass is 16.3. The van der Waals surface area contributed by atoms with Crippen molar-refractivity contribution in [3.8, 4) is 0 Å². The van der Waals surface area contributed by atoms with Crippen molar-refractivity contribution in [1.29, 1.82) is 0 Å². The number of pyridine rings is 1. The second kappa shape index (κ2) is 4.43. The number of aliphatic hydroxyl groups excluding tert-OH is 1. The lowest BCUT2D eigenvalue weighted by molar-refractivity contribution is 0.174. The van der Waals surface area contributed by atoms with Gasteiger partial charge in [-0.3, -0.25) is 4.98 Å². The summed E-state index contributed by atoms with van der Waals surface area (Å²) in [4.78, 5) is 4.30. The van der Waals surface area contributed by atoms with Crippen LogP contribution in [0.15, 0.2) is 36.5 Å². The van der Waals surface area contributed by atoms with Crippen molar-refractivity contribution >= 4 is 10.9 Å². The highest BCUT2D eigenvalue weighted by molar-refractivity contribution is 5.78. The number of hydrogen-bond acceptors (Lipinski definition) is 3. The Bertz CT molecular complexity index is 522. The predicted octanol–water partition coefficient (Wildman–Crippen LogP) is 2.02. The summed E-state index contributed by atoms with van der Waals surface area (Å²) in [6.07, 6.45) is 3.82. The van der Waals surface area contributed by atoms with Crippen LogP contribution in [0.1, 0.15) is 24.5 Å². The van der Waals surface area contributed by atoms with Gasteiger partial charge in [-0.2, -0.15) is 0 Å². The van der Waals surface area contributed by atoms with E-state index >= 15 is 0 Å². The summed E-state index contributed by atoms with van der Waals surface area (Å²) in [7, 11) is 0. The smallest absolute Gasteiger partial charge is 0.0915 e. The van der Waals surface area contributed by atoms with Crippen LogP contribution in [0.25, 0.3) is 10.9 Å². The number of aromatic nitrogens is 1. The average Bonchev–Trinajstić information content (AvgIpc) is 3.19. The molecule has 0 amide bonds. The maximum atomic E-state index is 10.1. The van der Waals surface area contributed by atoms with Crippen molar-refractivity contribution in [3.63, 3.8) is 0 Å². The minimum absolute atomic E-state index is 0.443. The maximum Gasteiger partial charge on any atom is 0.0915 e. The third-order valence-electron chi connectivity index (χ3n) is 3.19. The number of benzene rings is 1. The Kier molecular flexibility index (Phi) is 2.79. The van der Waals surface area contributed by atoms with Gasteiger partial charge >= 0.3 is 0 Å². The van der Waals surface area contributed by atoms with Gasteiger partial charge in [0.1, 0.15) is 0 Å². The molecule has 0 radical (unpaired) electrons. The van der Waals surface area contributed by atoms with E-state index in [1.165, 1.54) is 12.8 Å². The van der Waals surface area contributed by atoms with Crippen LogP contribution in [-0.2, 0) is 0 Å². The molecule has 3 heteroatoms. The van der Waals surface area contributed by atoms with Crippen LogP contribution < -0.4 is 5.32 Å². The molecule has 1 fully saturated rings. The Balaban J connectivity index is 1.78. The van der Waals surface area contributed by atoms with E-state index in [0.29, 0.717) is 12.6 Å². The normalized spacial score (nSPS) is 17.2. The maximum absolute atomic E-state index is 10.1. The van der Waals surface area contributed by atoms with Gasteiger partial charge in [0, 0.05) is 24.2 Å². The largest absolute Gasteiger partial charge is 0.387 e. The lowest BCUT2D eigenvalue weighted by Crippen LogP contribution is -2.23. The lowest BCUT2D eigenvalue weighted by Gasteiger charge is -2.12. The highest BCUT2D eigenvalue weighted by Crippen LogP contribution is 2.22. The minimum atomic E-state index is -0.443. The number of hydrogen-bond donors (Lipinski definition) is 2. The number of nitrogens with one attached hydrogen (secondary N) is 1. The molecule has 1 atom stereocenters. The third kappa shape index (κ3) is 2.46. The summed E-state index contributed by atoms with van der Waals surface area (Å²) in [6.45, 7) is 0.628. The van der Waals surface area contributed by atoms with Gasteiger partial charge in [-0.05, 0) is 30.5 Å². The van der Waals surface area contributed by atoms with Gasteiger partial charge in [-0.15, -0.1) is 0 Å². The van der Waals surface area contributed by atoms with E-state index in [-0.39, 0.29) is 0 Å². The molecule has 2 N–H and O–H groups in total. The molecule has 0 aliphatic heterocycles. The van der Waals surface area contributed by atoms with Gasteiger partial charge in [0.15, 0.2) is 0 Å². The second-order valence-corrected chi connectivity index (χ2v) is 4.65. The molecular formula is C14H16N2O. The molecular weight excluding hydrogens is 212 g/mol. The molecule has 0 spiro atoms. The Labute approximate surface area is 100 Å². The topological polar surface area (TPSA) is 45.1 Å². The van der Waals surface area contributed by atoms with Gasteiger partial charge in [-0.25, -0.2) is 0 Å². The lowest BCUT2D eigenvalue weighted by atomic mass is 10.1. The van der Waals surface area contributed by atoms with Crippen LogP contribution in [0, 0.1) is 0 Å². The fraction of sp³-hybridized carbons (Fsp3) is 0.357. The quantitative estimate of drug-likeness (QED) is 0.841. The van der Waals surface area contributed by atoms with Gasteiger partial charge in [-0.1, -0.05) is 18.2 Å². The van der Waals surface area contributed by atoms with Crippen LogP contribution in [0.2, 0.25) is 0 Å². The van der Waals surface area contributed by atoms with Crippen molar-refractivity contribution in [3.05, 3.63) is 42.1 Å². The van der Waals surface area contributed by atoms with Crippen molar-refractivity contribution in [1.82, 2.24) is 10.3 Å². The number of fused-ring (bicyclic) bond motifs is 1. The predicted molar refractivity (Wildman–Crippen MR) is 67.7 cm³/mol. The molecule has 3 nitrogen and oxygen atoms in total. The van der Waals surface area contributed by atoms with Crippen LogP contribution in [0.5, 0.6) is 0 Å². The first-order valence-electron chi connectivity index (χ1n) is 6.09. The second-order valence-electron chi connectivity index (χ2n) is 4.65. The van der Waals surface area contributed by atoms with Crippen molar-refractivity contribution < 1.29 is 5.11 Å². The molecule has 0 saturated heterocycles. The summed E-state index contributed by atoms with van der Waals surface area (Å²) in [5.41, 5.74) is 1.87. The van der Waals surface area contributed by atoms with Gasteiger partial charge in [0.2, 0.25) is 0 Å². The van der Waals surface area contributed by atoms with Crippen LogP contribution >= 0.6 is 0 Å². The molecule has 1 aromatic heterocycles. The number of aliphatic hydroxyl groups is 1. The van der Waals surface area contributed by atoms with Gasteiger partial charge < -0.3 is 10.4 Å². The number of nitrogens with zero attached hydrogens (tertiary/aromatic N) is 1. The first-order chi connectivity index (χ1) is 8.33. The van der Waals surface area contributed by atoms with Crippen molar-refractivity contribution in [2.24, 2.45) is 0 Å². The molecule has 1 aliphatic rings. The molecule has 1 aromatic carbocycles. The van der Waals surface area contributed by atoms with Crippen LogP contribution in [0.4, 0.5) is 0 Å². The summed E-state index contributed by atoms with van der Waals surface area (Å²) in [6, 6.07) is 10.5. The van der Waals surface area contributed by atoms with E-state index in [1.807, 2.05) is 30.3 Å². The van der Waals surface area contributed by atoms with Gasteiger partial charge in [0.05, 0.1) is 11.6 Å². The molecule has 0 bridgehead atoms. The zero-order chi connectivity index (χ0) is 11.7. The van der Waals surface area contributed by atoms with Crippen molar-refractivity contribution in [2.75, 3.05) is 6.54 Å². The van der Waals surface area contributed by atoms with E-state index in [0.717, 1.165) is 16.5 Å². The fourth-order valence-electron chi connectivity index (χ4n) is 1.97. The molecule has 17 heavy (non-hydrogen) atoms. The monoisotopic (exact) mass is 228 g/mol. The third-order valence-corrected chi connectivity index (χ3v) is 3.19. The van der Waals surface area contributed by atoms with Crippen LogP contribution in [-0.4, -0.2) is 22.7 Å². The summed E-state index contributed by atoms with van der Waals surface area (Å²) in [5, 5.41) is 14.5. The molecule has 88 valence electrons.